The fourth-order valence-electron chi connectivity index (χ4n) is 4.18. The molecular formula is C31H36N4O5S2. The average Bonchev–Trinajstić information content (AvgIpc) is 2.93. The van der Waals surface area contributed by atoms with Gasteiger partial charge in [0, 0.05) is 6.54 Å². The molecule has 3 aromatic carbocycles. The minimum absolute atomic E-state index is 0.0619. The summed E-state index contributed by atoms with van der Waals surface area (Å²) >= 11 is 0. The zero-order valence-corrected chi connectivity index (χ0v) is 25.8. The number of ether oxygens (including phenoxy) is 1. The first-order chi connectivity index (χ1) is 19.8. The lowest BCUT2D eigenvalue weighted by atomic mass is 9.87. The van der Waals surface area contributed by atoms with Gasteiger partial charge in [0.2, 0.25) is 5.88 Å². The van der Waals surface area contributed by atoms with Crippen molar-refractivity contribution in [3.63, 3.8) is 0 Å². The molecular weight excluding hydrogens is 572 g/mol. The van der Waals surface area contributed by atoms with E-state index >= 15 is 0 Å². The molecule has 1 heterocycles. The van der Waals surface area contributed by atoms with Gasteiger partial charge in [-0.3, -0.25) is 4.72 Å². The standard InChI is InChI=1S/C31H36N4O5S2/c1-23-10-12-25(13-11-23)28-29(35-42(38,39)27-16-14-26(15-17-27)31(2,3)4)33-21-34-30(28)40-19-18-32-22-41(36,37)20-24-8-6-5-7-9-24/h5-17,21,32H,18-20,22H2,1-4H3,(H,33,34,35). The lowest BCUT2D eigenvalue weighted by molar-refractivity contribution is 0.306. The summed E-state index contributed by atoms with van der Waals surface area (Å²) in [4.78, 5) is 8.62. The predicted octanol–water partition coefficient (Wildman–Crippen LogP) is 5.09. The highest BCUT2D eigenvalue weighted by atomic mass is 32.2. The zero-order chi connectivity index (χ0) is 30.4. The van der Waals surface area contributed by atoms with Crippen LogP contribution < -0.4 is 14.8 Å². The second-order valence-electron chi connectivity index (χ2n) is 11.0. The van der Waals surface area contributed by atoms with Gasteiger partial charge >= 0.3 is 0 Å². The second-order valence-corrected chi connectivity index (χ2v) is 14.8. The molecule has 0 saturated heterocycles. The summed E-state index contributed by atoms with van der Waals surface area (Å²) < 4.78 is 60.2. The zero-order valence-electron chi connectivity index (χ0n) is 24.2. The number of anilines is 1. The van der Waals surface area contributed by atoms with E-state index < -0.39 is 19.9 Å². The van der Waals surface area contributed by atoms with Gasteiger partial charge < -0.3 is 10.1 Å². The summed E-state index contributed by atoms with van der Waals surface area (Å²) in [5.41, 5.74) is 3.69. The Labute approximate surface area is 248 Å². The molecule has 2 N–H and O–H groups in total. The van der Waals surface area contributed by atoms with Crippen LogP contribution >= 0.6 is 0 Å². The molecule has 4 rings (SSSR count). The Hall–Kier alpha value is -3.80. The van der Waals surface area contributed by atoms with E-state index in [1.54, 1.807) is 48.5 Å². The minimum Gasteiger partial charge on any atom is -0.476 e. The maximum atomic E-state index is 13.4. The van der Waals surface area contributed by atoms with Gasteiger partial charge in [-0.05, 0) is 41.2 Å². The third kappa shape index (κ3) is 8.37. The average molecular weight is 609 g/mol. The van der Waals surface area contributed by atoms with Crippen molar-refractivity contribution in [1.29, 1.82) is 0 Å². The molecule has 0 aliphatic rings. The lowest BCUT2D eigenvalue weighted by Crippen LogP contribution is -2.28. The molecule has 4 aromatic rings. The van der Waals surface area contributed by atoms with E-state index in [4.69, 9.17) is 4.74 Å². The number of hydrogen-bond acceptors (Lipinski definition) is 8. The number of benzene rings is 3. The third-order valence-electron chi connectivity index (χ3n) is 6.48. The highest BCUT2D eigenvalue weighted by Gasteiger charge is 2.23. The molecule has 11 heteroatoms. The van der Waals surface area contributed by atoms with Crippen LogP contribution in [-0.4, -0.2) is 45.8 Å². The van der Waals surface area contributed by atoms with E-state index in [1.165, 1.54) is 6.33 Å². The number of nitrogens with one attached hydrogen (secondary N) is 2. The first-order valence-electron chi connectivity index (χ1n) is 13.5. The van der Waals surface area contributed by atoms with Gasteiger partial charge in [-0.15, -0.1) is 0 Å². The van der Waals surface area contributed by atoms with E-state index in [9.17, 15) is 16.8 Å². The number of sulfonamides is 1. The third-order valence-corrected chi connectivity index (χ3v) is 9.26. The fourth-order valence-corrected chi connectivity index (χ4v) is 6.46. The van der Waals surface area contributed by atoms with Crippen LogP contribution in [0.5, 0.6) is 5.88 Å². The van der Waals surface area contributed by atoms with Crippen LogP contribution in [0.2, 0.25) is 0 Å². The predicted molar refractivity (Wildman–Crippen MR) is 166 cm³/mol. The van der Waals surface area contributed by atoms with Gasteiger partial charge in [0.05, 0.1) is 22.1 Å². The van der Waals surface area contributed by atoms with Crippen molar-refractivity contribution in [3.05, 3.63) is 102 Å². The minimum atomic E-state index is -3.98. The Morgan fingerprint density at radius 3 is 2.14 bits per heavy atom. The largest absolute Gasteiger partial charge is 0.476 e. The Balaban J connectivity index is 1.50. The molecule has 0 amide bonds. The number of nitrogens with zero attached hydrogens (tertiary/aromatic N) is 2. The summed E-state index contributed by atoms with van der Waals surface area (Å²) in [7, 11) is -7.35. The summed E-state index contributed by atoms with van der Waals surface area (Å²) in [6.07, 6.45) is 1.23. The molecule has 0 spiro atoms. The van der Waals surface area contributed by atoms with E-state index in [2.05, 4.69) is 40.8 Å². The SMILES string of the molecule is Cc1ccc(-c2c(NS(=O)(=O)c3ccc(C(C)(C)C)cc3)ncnc2OCCNCS(=O)(=O)Cc2ccccc2)cc1. The van der Waals surface area contributed by atoms with Crippen molar-refractivity contribution in [2.24, 2.45) is 0 Å². The lowest BCUT2D eigenvalue weighted by Gasteiger charge is -2.19. The molecule has 0 saturated carbocycles. The van der Waals surface area contributed by atoms with Crippen LogP contribution in [-0.2, 0) is 31.0 Å². The van der Waals surface area contributed by atoms with Crippen molar-refractivity contribution in [1.82, 2.24) is 15.3 Å². The van der Waals surface area contributed by atoms with E-state index in [0.29, 0.717) is 11.1 Å². The summed E-state index contributed by atoms with van der Waals surface area (Å²) in [5.74, 6) is -0.0299. The van der Waals surface area contributed by atoms with E-state index in [0.717, 1.165) is 16.7 Å². The van der Waals surface area contributed by atoms with Crippen LogP contribution in [0.3, 0.4) is 0 Å². The molecule has 0 radical (unpaired) electrons. The van der Waals surface area contributed by atoms with Crippen LogP contribution in [0.4, 0.5) is 5.82 Å². The molecule has 0 atom stereocenters. The molecule has 0 fully saturated rings. The fraction of sp³-hybridized carbons (Fsp3) is 0.290. The van der Waals surface area contributed by atoms with Crippen LogP contribution in [0.25, 0.3) is 11.1 Å². The molecule has 222 valence electrons. The highest BCUT2D eigenvalue weighted by molar-refractivity contribution is 7.92. The maximum absolute atomic E-state index is 13.4. The van der Waals surface area contributed by atoms with Crippen molar-refractivity contribution < 1.29 is 21.6 Å². The van der Waals surface area contributed by atoms with Gasteiger partial charge in [0.25, 0.3) is 10.0 Å². The molecule has 42 heavy (non-hydrogen) atoms. The number of aromatic nitrogens is 2. The summed E-state index contributed by atoms with van der Waals surface area (Å²) in [6.45, 7) is 8.45. The second kappa shape index (κ2) is 13.0. The van der Waals surface area contributed by atoms with Crippen molar-refractivity contribution in [3.8, 4) is 17.0 Å². The molecule has 0 bridgehead atoms. The van der Waals surface area contributed by atoms with E-state index in [-0.39, 0.29) is 46.8 Å². The number of rotatable bonds is 12. The smallest absolute Gasteiger partial charge is 0.263 e. The molecule has 0 aliphatic carbocycles. The Bertz CT molecular complexity index is 1700. The summed E-state index contributed by atoms with van der Waals surface area (Å²) in [6, 6.07) is 23.2. The first-order valence-corrected chi connectivity index (χ1v) is 16.8. The quantitative estimate of drug-likeness (QED) is 0.213. The highest BCUT2D eigenvalue weighted by Crippen LogP contribution is 2.35. The van der Waals surface area contributed by atoms with Gasteiger partial charge in [-0.1, -0.05) is 93.1 Å². The Morgan fingerprint density at radius 2 is 1.50 bits per heavy atom. The Kier molecular flexibility index (Phi) is 9.65. The van der Waals surface area contributed by atoms with Crippen molar-refractivity contribution in [2.45, 2.75) is 43.8 Å². The summed E-state index contributed by atoms with van der Waals surface area (Å²) in [5, 5.41) is 2.90. The van der Waals surface area contributed by atoms with Gasteiger partial charge in [0.1, 0.15) is 12.9 Å². The van der Waals surface area contributed by atoms with Crippen LogP contribution in [0.1, 0.15) is 37.5 Å². The normalized spacial score (nSPS) is 12.2. The monoisotopic (exact) mass is 608 g/mol. The van der Waals surface area contributed by atoms with E-state index in [1.807, 2.05) is 37.3 Å². The number of aryl methyl sites for hydroxylation is 1. The Morgan fingerprint density at radius 1 is 0.833 bits per heavy atom. The van der Waals surface area contributed by atoms with Crippen LogP contribution in [0, 0.1) is 6.92 Å². The molecule has 0 unspecified atom stereocenters. The molecule has 9 nitrogen and oxygen atoms in total. The number of hydrogen-bond donors (Lipinski definition) is 2. The van der Waals surface area contributed by atoms with Gasteiger partial charge in [-0.2, -0.15) is 0 Å². The van der Waals surface area contributed by atoms with Crippen molar-refractivity contribution in [2.75, 3.05) is 23.8 Å². The van der Waals surface area contributed by atoms with Crippen molar-refractivity contribution >= 4 is 25.7 Å². The van der Waals surface area contributed by atoms with Crippen LogP contribution in [0.15, 0.2) is 90.1 Å². The van der Waals surface area contributed by atoms with Gasteiger partial charge in [0.15, 0.2) is 15.7 Å². The number of sulfone groups is 1. The molecule has 1 aromatic heterocycles. The van der Waals surface area contributed by atoms with Gasteiger partial charge in [-0.25, -0.2) is 26.8 Å². The first kappa shape index (κ1) is 31.1. The maximum Gasteiger partial charge on any atom is 0.263 e. The molecule has 0 aliphatic heterocycles. The topological polar surface area (TPSA) is 127 Å².